The van der Waals surface area contributed by atoms with Gasteiger partial charge in [-0.3, -0.25) is 0 Å². The predicted octanol–water partition coefficient (Wildman–Crippen LogP) is 1.81. The van der Waals surface area contributed by atoms with Gasteiger partial charge in [0.05, 0.1) is 12.7 Å². The monoisotopic (exact) mass is 164 g/mol. The van der Waals surface area contributed by atoms with Crippen LogP contribution in [0.2, 0.25) is 0 Å². The molecule has 1 aromatic rings. The van der Waals surface area contributed by atoms with Crippen LogP contribution in [-0.4, -0.2) is 11.7 Å². The topological polar surface area (TPSA) is 29.5 Å². The number of benzene rings is 1. The van der Waals surface area contributed by atoms with E-state index < -0.39 is 0 Å². The quantitative estimate of drug-likeness (QED) is 0.633. The van der Waals surface area contributed by atoms with Gasteiger partial charge >= 0.3 is 0 Å². The Morgan fingerprint density at radius 3 is 3.17 bits per heavy atom. The second kappa shape index (κ2) is 2.79. The fourth-order valence-corrected chi connectivity index (χ4v) is 1.48. The zero-order valence-electron chi connectivity index (χ0n) is 7.08. The SMILES string of the molecule is Cc1ccc2c(c1)OCCC2O. The molecule has 1 atom stereocenters. The number of hydrogen-bond acceptors (Lipinski definition) is 2. The van der Waals surface area contributed by atoms with Crippen molar-refractivity contribution < 1.29 is 9.84 Å². The maximum Gasteiger partial charge on any atom is 0.125 e. The highest BCUT2D eigenvalue weighted by Crippen LogP contribution is 2.32. The van der Waals surface area contributed by atoms with Crippen molar-refractivity contribution in [2.24, 2.45) is 0 Å². The fourth-order valence-electron chi connectivity index (χ4n) is 1.48. The fraction of sp³-hybridized carbons (Fsp3) is 0.400. The van der Waals surface area contributed by atoms with Crippen LogP contribution in [0.25, 0.3) is 0 Å². The molecule has 2 nitrogen and oxygen atoms in total. The summed E-state index contributed by atoms with van der Waals surface area (Å²) in [6.07, 6.45) is 0.366. The first-order valence-electron chi connectivity index (χ1n) is 4.19. The first-order valence-corrected chi connectivity index (χ1v) is 4.19. The molecular weight excluding hydrogens is 152 g/mol. The van der Waals surface area contributed by atoms with Crippen LogP contribution in [0.5, 0.6) is 5.75 Å². The molecule has 0 amide bonds. The summed E-state index contributed by atoms with van der Waals surface area (Å²) in [5, 5.41) is 9.57. The van der Waals surface area contributed by atoms with Crippen LogP contribution in [0, 0.1) is 6.92 Å². The Balaban J connectivity index is 2.46. The van der Waals surface area contributed by atoms with Crippen LogP contribution in [0.4, 0.5) is 0 Å². The first-order chi connectivity index (χ1) is 5.77. The third-order valence-electron chi connectivity index (χ3n) is 2.18. The Bertz CT molecular complexity index is 294. The molecule has 0 bridgehead atoms. The molecule has 0 saturated heterocycles. The lowest BCUT2D eigenvalue weighted by Crippen LogP contribution is -2.13. The molecule has 1 aromatic carbocycles. The summed E-state index contributed by atoms with van der Waals surface area (Å²) in [6.45, 7) is 2.64. The van der Waals surface area contributed by atoms with Crippen LogP contribution in [0.1, 0.15) is 23.7 Å². The lowest BCUT2D eigenvalue weighted by molar-refractivity contribution is 0.115. The van der Waals surface area contributed by atoms with E-state index in [4.69, 9.17) is 4.74 Å². The Hall–Kier alpha value is -1.02. The minimum atomic E-state index is -0.339. The van der Waals surface area contributed by atoms with E-state index in [9.17, 15) is 5.11 Å². The molecule has 0 saturated carbocycles. The minimum absolute atomic E-state index is 0.339. The van der Waals surface area contributed by atoms with Gasteiger partial charge in [-0.05, 0) is 18.6 Å². The molecule has 64 valence electrons. The smallest absolute Gasteiger partial charge is 0.125 e. The summed E-state index contributed by atoms with van der Waals surface area (Å²) in [5.74, 6) is 0.841. The van der Waals surface area contributed by atoms with Crippen molar-refractivity contribution in [2.75, 3.05) is 6.61 Å². The number of ether oxygens (including phenoxy) is 1. The highest BCUT2D eigenvalue weighted by Gasteiger charge is 2.18. The second-order valence-corrected chi connectivity index (χ2v) is 3.19. The van der Waals surface area contributed by atoms with Crippen molar-refractivity contribution >= 4 is 0 Å². The van der Waals surface area contributed by atoms with E-state index >= 15 is 0 Å². The average Bonchev–Trinajstić information content (AvgIpc) is 2.04. The lowest BCUT2D eigenvalue weighted by Gasteiger charge is -2.22. The molecule has 0 aromatic heterocycles. The van der Waals surface area contributed by atoms with Gasteiger partial charge in [-0.1, -0.05) is 12.1 Å². The summed E-state index contributed by atoms with van der Waals surface area (Å²) in [5.41, 5.74) is 2.09. The van der Waals surface area contributed by atoms with Gasteiger partial charge < -0.3 is 9.84 Å². The van der Waals surface area contributed by atoms with E-state index in [0.717, 1.165) is 11.3 Å². The van der Waals surface area contributed by atoms with Crippen LogP contribution in [-0.2, 0) is 0 Å². The highest BCUT2D eigenvalue weighted by atomic mass is 16.5. The molecule has 1 heterocycles. The summed E-state index contributed by atoms with van der Waals surface area (Å²) in [7, 11) is 0. The zero-order chi connectivity index (χ0) is 8.55. The van der Waals surface area contributed by atoms with E-state index in [2.05, 4.69) is 0 Å². The molecule has 1 N–H and O–H groups in total. The van der Waals surface area contributed by atoms with Crippen molar-refractivity contribution in [3.05, 3.63) is 29.3 Å². The van der Waals surface area contributed by atoms with Crippen molar-refractivity contribution in [1.82, 2.24) is 0 Å². The Morgan fingerprint density at radius 1 is 1.50 bits per heavy atom. The number of aliphatic hydroxyl groups excluding tert-OH is 1. The number of aliphatic hydroxyl groups is 1. The third-order valence-corrected chi connectivity index (χ3v) is 2.18. The maximum absolute atomic E-state index is 9.57. The van der Waals surface area contributed by atoms with Gasteiger partial charge in [0.1, 0.15) is 5.75 Å². The van der Waals surface area contributed by atoms with Gasteiger partial charge in [0.25, 0.3) is 0 Å². The molecule has 1 aliphatic rings. The molecule has 0 radical (unpaired) electrons. The van der Waals surface area contributed by atoms with Crippen LogP contribution >= 0.6 is 0 Å². The van der Waals surface area contributed by atoms with Gasteiger partial charge in [0.15, 0.2) is 0 Å². The molecule has 2 heteroatoms. The first kappa shape index (κ1) is 7.62. The summed E-state index contributed by atoms with van der Waals surface area (Å²) < 4.78 is 5.41. The molecule has 0 fully saturated rings. The van der Waals surface area contributed by atoms with Gasteiger partial charge in [-0.2, -0.15) is 0 Å². The minimum Gasteiger partial charge on any atom is -0.493 e. The zero-order valence-corrected chi connectivity index (χ0v) is 7.08. The molecule has 2 rings (SSSR count). The van der Waals surface area contributed by atoms with E-state index in [1.54, 1.807) is 0 Å². The number of aryl methyl sites for hydroxylation is 1. The summed E-state index contributed by atoms with van der Waals surface area (Å²) in [4.78, 5) is 0. The Morgan fingerprint density at radius 2 is 2.33 bits per heavy atom. The lowest BCUT2D eigenvalue weighted by atomic mass is 10.0. The molecule has 1 unspecified atom stereocenters. The normalized spacial score (nSPS) is 21.3. The van der Waals surface area contributed by atoms with Gasteiger partial charge in [0.2, 0.25) is 0 Å². The summed E-state index contributed by atoms with van der Waals surface area (Å²) in [6, 6.07) is 5.91. The Kier molecular flexibility index (Phi) is 1.77. The van der Waals surface area contributed by atoms with Crippen molar-refractivity contribution in [3.63, 3.8) is 0 Å². The van der Waals surface area contributed by atoms with Crippen molar-refractivity contribution in [2.45, 2.75) is 19.4 Å². The molecule has 0 spiro atoms. The molecule has 1 aliphatic heterocycles. The standard InChI is InChI=1S/C10H12O2/c1-7-2-3-8-9(11)4-5-12-10(8)6-7/h2-3,6,9,11H,4-5H2,1H3. The predicted molar refractivity (Wildman–Crippen MR) is 46.3 cm³/mol. The van der Waals surface area contributed by atoms with Gasteiger partial charge in [0, 0.05) is 12.0 Å². The summed E-state index contributed by atoms with van der Waals surface area (Å²) >= 11 is 0. The van der Waals surface area contributed by atoms with E-state index in [0.29, 0.717) is 13.0 Å². The number of fused-ring (bicyclic) bond motifs is 1. The van der Waals surface area contributed by atoms with E-state index in [-0.39, 0.29) is 6.10 Å². The molecule has 12 heavy (non-hydrogen) atoms. The van der Waals surface area contributed by atoms with E-state index in [1.165, 1.54) is 5.56 Å². The van der Waals surface area contributed by atoms with Crippen LogP contribution in [0.15, 0.2) is 18.2 Å². The van der Waals surface area contributed by atoms with Crippen molar-refractivity contribution in [3.8, 4) is 5.75 Å². The van der Waals surface area contributed by atoms with Gasteiger partial charge in [-0.15, -0.1) is 0 Å². The second-order valence-electron chi connectivity index (χ2n) is 3.19. The van der Waals surface area contributed by atoms with Crippen LogP contribution < -0.4 is 4.74 Å². The van der Waals surface area contributed by atoms with E-state index in [1.807, 2.05) is 25.1 Å². The molecular formula is C10H12O2. The number of rotatable bonds is 0. The van der Waals surface area contributed by atoms with Crippen molar-refractivity contribution in [1.29, 1.82) is 0 Å². The average molecular weight is 164 g/mol. The van der Waals surface area contributed by atoms with Gasteiger partial charge in [-0.25, -0.2) is 0 Å². The highest BCUT2D eigenvalue weighted by molar-refractivity contribution is 5.39. The third kappa shape index (κ3) is 1.18. The van der Waals surface area contributed by atoms with Crippen LogP contribution in [0.3, 0.4) is 0 Å². The number of hydrogen-bond donors (Lipinski definition) is 1. The largest absolute Gasteiger partial charge is 0.493 e. The maximum atomic E-state index is 9.57. The Labute approximate surface area is 71.8 Å². The molecule has 0 aliphatic carbocycles.